The molecule has 1 aromatic rings. The molecule has 0 aromatic heterocycles. The van der Waals surface area contributed by atoms with E-state index in [1.165, 1.54) is 19.3 Å². The monoisotopic (exact) mass is 248 g/mol. The van der Waals surface area contributed by atoms with Crippen LogP contribution in [-0.4, -0.2) is 30.7 Å². The zero-order chi connectivity index (χ0) is 13.0. The second-order valence-corrected chi connectivity index (χ2v) is 4.90. The van der Waals surface area contributed by atoms with Crippen molar-refractivity contribution >= 4 is 11.7 Å². The average Bonchev–Trinajstić information content (AvgIpc) is 2.64. The predicted molar refractivity (Wildman–Crippen MR) is 72.0 cm³/mol. The van der Waals surface area contributed by atoms with Crippen LogP contribution in [0.3, 0.4) is 0 Å². The van der Waals surface area contributed by atoms with Crippen molar-refractivity contribution in [2.24, 2.45) is 11.7 Å². The van der Waals surface area contributed by atoms with E-state index in [1.54, 1.807) is 12.1 Å². The third kappa shape index (κ3) is 3.01. The molecule has 3 N–H and O–H groups in total. The molecule has 2 rings (SSSR count). The number of aromatic carboxylic acids is 1. The number of carboxylic acids is 1. The summed E-state index contributed by atoms with van der Waals surface area (Å²) >= 11 is 0. The Morgan fingerprint density at radius 2 is 2.06 bits per heavy atom. The quantitative estimate of drug-likeness (QED) is 0.858. The van der Waals surface area contributed by atoms with E-state index in [1.807, 2.05) is 12.1 Å². The summed E-state index contributed by atoms with van der Waals surface area (Å²) in [5.74, 6) is -0.330. The van der Waals surface area contributed by atoms with E-state index in [0.29, 0.717) is 11.5 Å². The van der Waals surface area contributed by atoms with Gasteiger partial charge >= 0.3 is 5.97 Å². The van der Waals surface area contributed by atoms with Crippen LogP contribution in [0.25, 0.3) is 0 Å². The molecule has 4 heteroatoms. The number of nitrogens with two attached hydrogens (primary N) is 1. The Morgan fingerprint density at radius 1 is 1.33 bits per heavy atom. The van der Waals surface area contributed by atoms with Gasteiger partial charge in [-0.3, -0.25) is 0 Å². The topological polar surface area (TPSA) is 66.6 Å². The van der Waals surface area contributed by atoms with Gasteiger partial charge in [0.2, 0.25) is 0 Å². The van der Waals surface area contributed by atoms with Crippen molar-refractivity contribution < 1.29 is 9.90 Å². The molecule has 4 nitrogen and oxygen atoms in total. The van der Waals surface area contributed by atoms with E-state index in [4.69, 9.17) is 10.8 Å². The van der Waals surface area contributed by atoms with Crippen molar-refractivity contribution in [3.05, 3.63) is 29.8 Å². The molecule has 1 unspecified atom stereocenters. The van der Waals surface area contributed by atoms with Gasteiger partial charge in [0.15, 0.2) is 0 Å². The van der Waals surface area contributed by atoms with Gasteiger partial charge in [0.05, 0.1) is 5.56 Å². The molecule has 0 saturated carbocycles. The molecule has 1 aliphatic heterocycles. The fraction of sp³-hybridized carbons (Fsp3) is 0.500. The first-order chi connectivity index (χ1) is 8.70. The first kappa shape index (κ1) is 12.9. The number of hydrogen-bond donors (Lipinski definition) is 2. The highest BCUT2D eigenvalue weighted by Gasteiger charge is 2.17. The van der Waals surface area contributed by atoms with Crippen LogP contribution < -0.4 is 10.6 Å². The lowest BCUT2D eigenvalue weighted by atomic mass is 10.0. The Morgan fingerprint density at radius 3 is 2.67 bits per heavy atom. The number of carboxylic acid groups (broad SMARTS) is 1. The Bertz CT molecular complexity index is 403. The molecule has 1 aliphatic rings. The SMILES string of the molecule is NCC1CCCCN(c2ccc(C(=O)O)cc2)C1. The molecule has 0 radical (unpaired) electrons. The zero-order valence-electron chi connectivity index (χ0n) is 10.5. The molecule has 0 amide bonds. The van der Waals surface area contributed by atoms with Crippen molar-refractivity contribution in [1.29, 1.82) is 0 Å². The van der Waals surface area contributed by atoms with E-state index < -0.39 is 5.97 Å². The smallest absolute Gasteiger partial charge is 0.335 e. The van der Waals surface area contributed by atoms with Crippen molar-refractivity contribution in [2.45, 2.75) is 19.3 Å². The summed E-state index contributed by atoms with van der Waals surface area (Å²) in [5.41, 5.74) is 7.21. The third-order valence-electron chi connectivity index (χ3n) is 3.58. The number of nitrogens with zero attached hydrogens (tertiary/aromatic N) is 1. The van der Waals surface area contributed by atoms with Gasteiger partial charge in [0.25, 0.3) is 0 Å². The Labute approximate surface area is 107 Å². The van der Waals surface area contributed by atoms with E-state index >= 15 is 0 Å². The zero-order valence-corrected chi connectivity index (χ0v) is 10.5. The van der Waals surface area contributed by atoms with Gasteiger partial charge in [-0.2, -0.15) is 0 Å². The van der Waals surface area contributed by atoms with Crippen molar-refractivity contribution in [1.82, 2.24) is 0 Å². The third-order valence-corrected chi connectivity index (χ3v) is 3.58. The number of rotatable bonds is 3. The molecule has 1 atom stereocenters. The molecule has 1 aromatic carbocycles. The highest BCUT2D eigenvalue weighted by Crippen LogP contribution is 2.22. The summed E-state index contributed by atoms with van der Waals surface area (Å²) in [4.78, 5) is 13.1. The second-order valence-electron chi connectivity index (χ2n) is 4.90. The normalized spacial score (nSPS) is 20.5. The second kappa shape index (κ2) is 5.87. The molecule has 1 fully saturated rings. The van der Waals surface area contributed by atoms with Crippen LogP contribution in [-0.2, 0) is 0 Å². The van der Waals surface area contributed by atoms with E-state index in [9.17, 15) is 4.79 Å². The number of benzene rings is 1. The Hall–Kier alpha value is -1.55. The largest absolute Gasteiger partial charge is 0.478 e. The predicted octanol–water partition coefficient (Wildman–Crippen LogP) is 1.95. The standard InChI is InChI=1S/C14H20N2O2/c15-9-11-3-1-2-8-16(10-11)13-6-4-12(5-7-13)14(17)18/h4-7,11H,1-3,8-10,15H2,(H,17,18). The molecular weight excluding hydrogens is 228 g/mol. The summed E-state index contributed by atoms with van der Waals surface area (Å²) in [7, 11) is 0. The first-order valence-electron chi connectivity index (χ1n) is 6.49. The maximum atomic E-state index is 10.8. The lowest BCUT2D eigenvalue weighted by molar-refractivity contribution is 0.0697. The highest BCUT2D eigenvalue weighted by atomic mass is 16.4. The Balaban J connectivity index is 2.11. The molecule has 0 aliphatic carbocycles. The molecule has 98 valence electrons. The average molecular weight is 248 g/mol. The molecule has 18 heavy (non-hydrogen) atoms. The minimum absolute atomic E-state index is 0.337. The van der Waals surface area contributed by atoms with Gasteiger partial charge in [0.1, 0.15) is 0 Å². The van der Waals surface area contributed by atoms with Crippen molar-refractivity contribution in [3.8, 4) is 0 Å². The van der Waals surface area contributed by atoms with Gasteiger partial charge in [-0.05, 0) is 49.6 Å². The van der Waals surface area contributed by atoms with E-state index in [2.05, 4.69) is 4.90 Å². The lowest BCUT2D eigenvalue weighted by Gasteiger charge is -2.26. The summed E-state index contributed by atoms with van der Waals surface area (Å²) in [6.07, 6.45) is 3.60. The maximum Gasteiger partial charge on any atom is 0.335 e. The van der Waals surface area contributed by atoms with E-state index in [0.717, 1.165) is 25.3 Å². The summed E-state index contributed by atoms with van der Waals surface area (Å²) in [6, 6.07) is 7.12. The van der Waals surface area contributed by atoms with Gasteiger partial charge in [-0.1, -0.05) is 6.42 Å². The van der Waals surface area contributed by atoms with Crippen LogP contribution in [0, 0.1) is 5.92 Å². The van der Waals surface area contributed by atoms with Crippen molar-refractivity contribution in [3.63, 3.8) is 0 Å². The maximum absolute atomic E-state index is 10.8. The summed E-state index contributed by atoms with van der Waals surface area (Å²) < 4.78 is 0. The van der Waals surface area contributed by atoms with Crippen LogP contribution in [0.2, 0.25) is 0 Å². The summed E-state index contributed by atoms with van der Waals surface area (Å²) in [5, 5.41) is 8.88. The first-order valence-corrected chi connectivity index (χ1v) is 6.49. The molecule has 0 spiro atoms. The molecular formula is C14H20N2O2. The number of carbonyl (C=O) groups is 1. The summed E-state index contributed by atoms with van der Waals surface area (Å²) in [6.45, 7) is 2.73. The van der Waals surface area contributed by atoms with Gasteiger partial charge in [0, 0.05) is 18.8 Å². The van der Waals surface area contributed by atoms with Gasteiger partial charge in [-0.25, -0.2) is 4.79 Å². The van der Waals surface area contributed by atoms with Crippen LogP contribution in [0.4, 0.5) is 5.69 Å². The van der Waals surface area contributed by atoms with E-state index in [-0.39, 0.29) is 0 Å². The minimum atomic E-state index is -0.878. The van der Waals surface area contributed by atoms with Gasteiger partial charge in [-0.15, -0.1) is 0 Å². The molecule has 1 saturated heterocycles. The fourth-order valence-electron chi connectivity index (χ4n) is 2.47. The van der Waals surface area contributed by atoms with Crippen LogP contribution in [0.5, 0.6) is 0 Å². The van der Waals surface area contributed by atoms with Gasteiger partial charge < -0.3 is 15.7 Å². The fourth-order valence-corrected chi connectivity index (χ4v) is 2.47. The van der Waals surface area contributed by atoms with Crippen LogP contribution in [0.1, 0.15) is 29.6 Å². The van der Waals surface area contributed by atoms with Crippen molar-refractivity contribution in [2.75, 3.05) is 24.5 Å². The lowest BCUT2D eigenvalue weighted by Crippen LogP contribution is -2.31. The van der Waals surface area contributed by atoms with Crippen LogP contribution in [0.15, 0.2) is 24.3 Å². The molecule has 0 bridgehead atoms. The Kier molecular flexibility index (Phi) is 4.20. The molecule has 1 heterocycles. The van der Waals surface area contributed by atoms with Crippen LogP contribution >= 0.6 is 0 Å². The minimum Gasteiger partial charge on any atom is -0.478 e. The number of anilines is 1. The number of hydrogen-bond acceptors (Lipinski definition) is 3. The highest BCUT2D eigenvalue weighted by molar-refractivity contribution is 5.88.